The van der Waals surface area contributed by atoms with Crippen LogP contribution in [-0.2, 0) is 4.79 Å². The van der Waals surface area contributed by atoms with Gasteiger partial charge in [-0.1, -0.05) is 6.92 Å². The van der Waals surface area contributed by atoms with E-state index in [2.05, 4.69) is 22.0 Å². The number of carbonyl (C=O) groups excluding carboxylic acids is 1. The lowest BCUT2D eigenvalue weighted by Crippen LogP contribution is -2.49. The first kappa shape index (κ1) is 14.4. The summed E-state index contributed by atoms with van der Waals surface area (Å²) in [4.78, 5) is 18.4. The summed E-state index contributed by atoms with van der Waals surface area (Å²) in [5.41, 5.74) is 0. The van der Waals surface area contributed by atoms with E-state index in [0.29, 0.717) is 6.54 Å². The van der Waals surface area contributed by atoms with Crippen LogP contribution in [-0.4, -0.2) is 87.1 Å². The number of nitrogens with one attached hydrogen (secondary N) is 1. The standard InChI is InChI=1S/C12H26N4O/c1-4-15-7-9-16(10-8-15)11-12(17)14(3)6-5-13-2/h13H,4-11H2,1-3H3. The Morgan fingerprint density at radius 1 is 1.24 bits per heavy atom. The number of hydrogen-bond acceptors (Lipinski definition) is 4. The Labute approximate surface area is 105 Å². The topological polar surface area (TPSA) is 38.8 Å². The molecule has 0 unspecified atom stereocenters. The second-order valence-electron chi connectivity index (χ2n) is 4.63. The van der Waals surface area contributed by atoms with Crippen LogP contribution in [0.2, 0.25) is 0 Å². The monoisotopic (exact) mass is 242 g/mol. The highest BCUT2D eigenvalue weighted by atomic mass is 16.2. The Balaban J connectivity index is 2.22. The van der Waals surface area contributed by atoms with Crippen LogP contribution >= 0.6 is 0 Å². The van der Waals surface area contributed by atoms with E-state index in [4.69, 9.17) is 0 Å². The molecule has 0 spiro atoms. The smallest absolute Gasteiger partial charge is 0.236 e. The van der Waals surface area contributed by atoms with Gasteiger partial charge in [-0.15, -0.1) is 0 Å². The zero-order chi connectivity index (χ0) is 12.7. The molecule has 17 heavy (non-hydrogen) atoms. The van der Waals surface area contributed by atoms with Gasteiger partial charge in [-0.3, -0.25) is 9.69 Å². The van der Waals surface area contributed by atoms with Crippen molar-refractivity contribution in [1.29, 1.82) is 0 Å². The first-order valence-electron chi connectivity index (χ1n) is 6.50. The van der Waals surface area contributed by atoms with Crippen LogP contribution < -0.4 is 5.32 Å². The molecular formula is C12H26N4O. The Morgan fingerprint density at radius 2 is 1.82 bits per heavy atom. The molecule has 0 bridgehead atoms. The number of amides is 1. The van der Waals surface area contributed by atoms with Gasteiger partial charge < -0.3 is 15.1 Å². The first-order chi connectivity index (χ1) is 8.17. The summed E-state index contributed by atoms with van der Waals surface area (Å²) < 4.78 is 0. The first-order valence-corrected chi connectivity index (χ1v) is 6.50. The third kappa shape index (κ3) is 5.02. The van der Waals surface area contributed by atoms with Crippen LogP contribution in [0, 0.1) is 0 Å². The normalized spacial score (nSPS) is 18.3. The average molecular weight is 242 g/mol. The third-order valence-electron chi connectivity index (χ3n) is 3.39. The van der Waals surface area contributed by atoms with Crippen LogP contribution in [0.25, 0.3) is 0 Å². The molecule has 0 aromatic rings. The number of nitrogens with zero attached hydrogens (tertiary/aromatic N) is 3. The van der Waals surface area contributed by atoms with Gasteiger partial charge in [0.05, 0.1) is 6.54 Å². The van der Waals surface area contributed by atoms with Crippen molar-refractivity contribution in [1.82, 2.24) is 20.0 Å². The Kier molecular flexibility index (Phi) is 6.47. The van der Waals surface area contributed by atoms with E-state index in [0.717, 1.165) is 45.8 Å². The van der Waals surface area contributed by atoms with Crippen LogP contribution in [0.4, 0.5) is 0 Å². The molecule has 1 saturated heterocycles. The zero-order valence-corrected chi connectivity index (χ0v) is 11.4. The summed E-state index contributed by atoms with van der Waals surface area (Å²) >= 11 is 0. The summed E-state index contributed by atoms with van der Waals surface area (Å²) in [6, 6.07) is 0. The number of rotatable bonds is 6. The van der Waals surface area contributed by atoms with Crippen LogP contribution in [0.15, 0.2) is 0 Å². The van der Waals surface area contributed by atoms with Crippen molar-refractivity contribution in [2.24, 2.45) is 0 Å². The maximum atomic E-state index is 11.9. The molecule has 100 valence electrons. The number of piperazine rings is 1. The summed E-state index contributed by atoms with van der Waals surface area (Å²) in [6.07, 6.45) is 0. The van der Waals surface area contributed by atoms with Gasteiger partial charge in [0, 0.05) is 46.3 Å². The summed E-state index contributed by atoms with van der Waals surface area (Å²) in [6.45, 7) is 9.71. The van der Waals surface area contributed by atoms with Gasteiger partial charge >= 0.3 is 0 Å². The molecule has 1 N–H and O–H groups in total. The van der Waals surface area contributed by atoms with E-state index in [-0.39, 0.29) is 5.91 Å². The highest BCUT2D eigenvalue weighted by molar-refractivity contribution is 5.78. The minimum absolute atomic E-state index is 0.227. The van der Waals surface area contributed by atoms with E-state index in [9.17, 15) is 4.79 Å². The lowest BCUT2D eigenvalue weighted by atomic mass is 10.3. The van der Waals surface area contributed by atoms with Crippen molar-refractivity contribution in [2.45, 2.75) is 6.92 Å². The molecule has 0 aromatic heterocycles. The molecule has 1 rings (SSSR count). The molecule has 5 nitrogen and oxygen atoms in total. The van der Waals surface area contributed by atoms with Crippen molar-refractivity contribution < 1.29 is 4.79 Å². The zero-order valence-electron chi connectivity index (χ0n) is 11.4. The van der Waals surface area contributed by atoms with Crippen molar-refractivity contribution in [3.63, 3.8) is 0 Å². The lowest BCUT2D eigenvalue weighted by Gasteiger charge is -2.34. The van der Waals surface area contributed by atoms with Crippen molar-refractivity contribution in [3.8, 4) is 0 Å². The van der Waals surface area contributed by atoms with Gasteiger partial charge in [0.2, 0.25) is 5.91 Å². The Morgan fingerprint density at radius 3 is 2.35 bits per heavy atom. The molecule has 1 fully saturated rings. The fraction of sp³-hybridized carbons (Fsp3) is 0.917. The SMILES string of the molecule is CCN1CCN(CC(=O)N(C)CCNC)CC1. The van der Waals surface area contributed by atoms with Gasteiger partial charge in [0.15, 0.2) is 0 Å². The molecule has 0 atom stereocenters. The molecule has 1 heterocycles. The summed E-state index contributed by atoms with van der Waals surface area (Å²) in [7, 11) is 3.78. The van der Waals surface area contributed by atoms with E-state index in [1.165, 1.54) is 0 Å². The fourth-order valence-corrected chi connectivity index (χ4v) is 1.98. The molecule has 1 amide bonds. The molecule has 1 aliphatic rings. The van der Waals surface area contributed by atoms with E-state index >= 15 is 0 Å². The maximum absolute atomic E-state index is 11.9. The fourth-order valence-electron chi connectivity index (χ4n) is 1.98. The molecule has 5 heteroatoms. The predicted octanol–water partition coefficient (Wildman–Crippen LogP) is -0.698. The van der Waals surface area contributed by atoms with Crippen LogP contribution in [0.3, 0.4) is 0 Å². The molecule has 0 aromatic carbocycles. The molecule has 0 aliphatic carbocycles. The minimum Gasteiger partial charge on any atom is -0.343 e. The van der Waals surface area contributed by atoms with Gasteiger partial charge in [0.25, 0.3) is 0 Å². The quantitative estimate of drug-likeness (QED) is 0.669. The molecule has 0 saturated carbocycles. The average Bonchev–Trinajstić information content (AvgIpc) is 2.36. The number of carbonyl (C=O) groups is 1. The second kappa shape index (κ2) is 7.63. The highest BCUT2D eigenvalue weighted by Crippen LogP contribution is 2.01. The van der Waals surface area contributed by atoms with E-state index in [1.54, 1.807) is 0 Å². The van der Waals surface area contributed by atoms with Gasteiger partial charge in [-0.05, 0) is 13.6 Å². The van der Waals surface area contributed by atoms with Gasteiger partial charge in [-0.25, -0.2) is 0 Å². The number of likely N-dealkylation sites (N-methyl/N-ethyl adjacent to an activating group) is 3. The predicted molar refractivity (Wildman–Crippen MR) is 70.1 cm³/mol. The van der Waals surface area contributed by atoms with E-state index in [1.807, 2.05) is 19.0 Å². The van der Waals surface area contributed by atoms with E-state index < -0.39 is 0 Å². The number of hydrogen-bond donors (Lipinski definition) is 1. The Bertz CT molecular complexity index is 227. The Hall–Kier alpha value is -0.650. The maximum Gasteiger partial charge on any atom is 0.236 e. The molecule has 1 aliphatic heterocycles. The summed E-state index contributed by atoms with van der Waals surface area (Å²) in [5.74, 6) is 0.227. The van der Waals surface area contributed by atoms with Gasteiger partial charge in [0.1, 0.15) is 0 Å². The third-order valence-corrected chi connectivity index (χ3v) is 3.39. The van der Waals surface area contributed by atoms with Crippen molar-refractivity contribution in [3.05, 3.63) is 0 Å². The summed E-state index contributed by atoms with van der Waals surface area (Å²) in [5, 5.41) is 3.06. The lowest BCUT2D eigenvalue weighted by molar-refractivity contribution is -0.131. The van der Waals surface area contributed by atoms with Gasteiger partial charge in [-0.2, -0.15) is 0 Å². The molecular weight excluding hydrogens is 216 g/mol. The largest absolute Gasteiger partial charge is 0.343 e. The minimum atomic E-state index is 0.227. The van der Waals surface area contributed by atoms with Crippen LogP contribution in [0.5, 0.6) is 0 Å². The molecule has 0 radical (unpaired) electrons. The highest BCUT2D eigenvalue weighted by Gasteiger charge is 2.19. The van der Waals surface area contributed by atoms with Crippen molar-refractivity contribution >= 4 is 5.91 Å². The van der Waals surface area contributed by atoms with Crippen LogP contribution in [0.1, 0.15) is 6.92 Å². The van der Waals surface area contributed by atoms with Crippen molar-refractivity contribution in [2.75, 3.05) is 66.5 Å². The second-order valence-corrected chi connectivity index (χ2v) is 4.63.